The molecule has 2 heterocycles. The average molecular weight is 345 g/mol. The Balaban J connectivity index is 1.57. The second-order valence-electron chi connectivity index (χ2n) is 6.00. The van der Waals surface area contributed by atoms with Gasteiger partial charge in [0.2, 0.25) is 0 Å². The number of hydrogen-bond donors (Lipinski definition) is 1. The summed E-state index contributed by atoms with van der Waals surface area (Å²) in [7, 11) is 1.45. The summed E-state index contributed by atoms with van der Waals surface area (Å²) in [5.41, 5.74) is 2.27. The molecule has 5 nitrogen and oxygen atoms in total. The van der Waals surface area contributed by atoms with Gasteiger partial charge in [-0.25, -0.2) is 9.78 Å². The standard InChI is InChI=1S/C18H23N3O2S/c1-23-18(22)21-10-6-5-9-16(21)11-15-13-24-17(20-15)19-12-14-7-3-2-4-8-14/h2-4,7-8,13,16H,5-6,9-12H2,1H3,(H,19,20). The van der Waals surface area contributed by atoms with E-state index in [1.54, 1.807) is 11.3 Å². The zero-order valence-corrected chi connectivity index (χ0v) is 14.7. The normalized spacial score (nSPS) is 17.5. The molecule has 0 radical (unpaired) electrons. The van der Waals surface area contributed by atoms with E-state index >= 15 is 0 Å². The van der Waals surface area contributed by atoms with Crippen LogP contribution < -0.4 is 5.32 Å². The van der Waals surface area contributed by atoms with Crippen molar-refractivity contribution in [1.29, 1.82) is 0 Å². The Kier molecular flexibility index (Phi) is 5.69. The summed E-state index contributed by atoms with van der Waals surface area (Å²) in [4.78, 5) is 18.4. The molecule has 6 heteroatoms. The Labute approximate surface area is 146 Å². The van der Waals surface area contributed by atoms with E-state index in [9.17, 15) is 4.79 Å². The SMILES string of the molecule is COC(=O)N1CCCCC1Cc1csc(NCc2ccccc2)n1. The fourth-order valence-electron chi connectivity index (χ4n) is 3.07. The summed E-state index contributed by atoms with van der Waals surface area (Å²) in [6, 6.07) is 10.5. The molecule has 1 aromatic carbocycles. The van der Waals surface area contributed by atoms with Crippen LogP contribution in [0.15, 0.2) is 35.7 Å². The molecule has 1 unspecified atom stereocenters. The van der Waals surface area contributed by atoms with Gasteiger partial charge in [-0.1, -0.05) is 30.3 Å². The van der Waals surface area contributed by atoms with Crippen molar-refractivity contribution >= 4 is 22.6 Å². The fraction of sp³-hybridized carbons (Fsp3) is 0.444. The third-order valence-corrected chi connectivity index (χ3v) is 5.17. The van der Waals surface area contributed by atoms with Crippen molar-refractivity contribution in [3.05, 3.63) is 47.0 Å². The number of carbonyl (C=O) groups is 1. The first-order valence-corrected chi connectivity index (χ1v) is 9.21. The number of thiazole rings is 1. The number of carbonyl (C=O) groups excluding carboxylic acids is 1. The van der Waals surface area contributed by atoms with Gasteiger partial charge in [0.05, 0.1) is 12.8 Å². The van der Waals surface area contributed by atoms with E-state index in [1.807, 2.05) is 23.1 Å². The van der Waals surface area contributed by atoms with Crippen LogP contribution in [0.1, 0.15) is 30.5 Å². The number of hydrogen-bond acceptors (Lipinski definition) is 5. The van der Waals surface area contributed by atoms with Crippen LogP contribution in [0.2, 0.25) is 0 Å². The van der Waals surface area contributed by atoms with E-state index in [2.05, 4.69) is 27.8 Å². The van der Waals surface area contributed by atoms with Gasteiger partial charge in [0, 0.05) is 30.9 Å². The molecule has 1 fully saturated rings. The lowest BCUT2D eigenvalue weighted by Crippen LogP contribution is -2.44. The molecule has 3 rings (SSSR count). The number of rotatable bonds is 5. The maximum atomic E-state index is 11.9. The summed E-state index contributed by atoms with van der Waals surface area (Å²) in [5, 5.41) is 6.37. The number of amides is 1. The third-order valence-electron chi connectivity index (χ3n) is 4.32. The van der Waals surface area contributed by atoms with Gasteiger partial charge in [0.1, 0.15) is 0 Å². The molecule has 0 saturated carbocycles. The molecule has 1 atom stereocenters. The molecule has 128 valence electrons. The van der Waals surface area contributed by atoms with Crippen molar-refractivity contribution in [1.82, 2.24) is 9.88 Å². The van der Waals surface area contributed by atoms with E-state index < -0.39 is 0 Å². The molecule has 24 heavy (non-hydrogen) atoms. The number of anilines is 1. The monoisotopic (exact) mass is 345 g/mol. The van der Waals surface area contributed by atoms with Crippen LogP contribution in [0.4, 0.5) is 9.93 Å². The van der Waals surface area contributed by atoms with Gasteiger partial charge in [0.15, 0.2) is 5.13 Å². The summed E-state index contributed by atoms with van der Waals surface area (Å²) < 4.78 is 4.91. The number of nitrogens with zero attached hydrogens (tertiary/aromatic N) is 2. The summed E-state index contributed by atoms with van der Waals surface area (Å²) in [6.45, 7) is 1.55. The second kappa shape index (κ2) is 8.15. The first-order valence-electron chi connectivity index (χ1n) is 8.33. The van der Waals surface area contributed by atoms with Crippen LogP contribution in [0.3, 0.4) is 0 Å². The first kappa shape index (κ1) is 16.8. The molecule has 0 spiro atoms. The molecular formula is C18H23N3O2S. The maximum Gasteiger partial charge on any atom is 0.409 e. The van der Waals surface area contributed by atoms with Gasteiger partial charge in [0.25, 0.3) is 0 Å². The number of benzene rings is 1. The average Bonchev–Trinajstić information content (AvgIpc) is 3.08. The molecule has 1 aliphatic heterocycles. The zero-order chi connectivity index (χ0) is 16.8. The smallest absolute Gasteiger partial charge is 0.409 e. The fourth-order valence-corrected chi connectivity index (χ4v) is 3.79. The quantitative estimate of drug-likeness (QED) is 0.892. The minimum atomic E-state index is -0.225. The third kappa shape index (κ3) is 4.26. The largest absolute Gasteiger partial charge is 0.453 e. The highest BCUT2D eigenvalue weighted by Gasteiger charge is 2.28. The molecule has 0 aliphatic carbocycles. The van der Waals surface area contributed by atoms with Crippen molar-refractivity contribution in [2.45, 2.75) is 38.3 Å². The van der Waals surface area contributed by atoms with Crippen LogP contribution in [0.5, 0.6) is 0 Å². The van der Waals surface area contributed by atoms with Gasteiger partial charge in [-0.3, -0.25) is 0 Å². The van der Waals surface area contributed by atoms with Gasteiger partial charge < -0.3 is 15.0 Å². The van der Waals surface area contributed by atoms with E-state index in [0.29, 0.717) is 0 Å². The summed E-state index contributed by atoms with van der Waals surface area (Å²) >= 11 is 1.62. The van der Waals surface area contributed by atoms with Crippen molar-refractivity contribution in [3.63, 3.8) is 0 Å². The lowest BCUT2D eigenvalue weighted by molar-refractivity contribution is 0.0893. The molecule has 1 saturated heterocycles. The summed E-state index contributed by atoms with van der Waals surface area (Å²) in [6.07, 6.45) is 3.78. The topological polar surface area (TPSA) is 54.5 Å². The zero-order valence-electron chi connectivity index (χ0n) is 13.9. The molecule has 1 aromatic heterocycles. The number of ether oxygens (including phenoxy) is 1. The van der Waals surface area contributed by atoms with Crippen molar-refractivity contribution in [2.24, 2.45) is 0 Å². The van der Waals surface area contributed by atoms with Gasteiger partial charge >= 0.3 is 6.09 Å². The lowest BCUT2D eigenvalue weighted by Gasteiger charge is -2.34. The number of aromatic nitrogens is 1. The van der Waals surface area contributed by atoms with E-state index in [4.69, 9.17) is 4.74 Å². The Morgan fingerprint density at radius 1 is 1.38 bits per heavy atom. The molecule has 2 aromatic rings. The second-order valence-corrected chi connectivity index (χ2v) is 6.86. The highest BCUT2D eigenvalue weighted by Crippen LogP contribution is 2.24. The maximum absolute atomic E-state index is 11.9. The Morgan fingerprint density at radius 2 is 2.21 bits per heavy atom. The summed E-state index contributed by atoms with van der Waals surface area (Å²) in [5.74, 6) is 0. The van der Waals surface area contributed by atoms with Crippen LogP contribution in [0.25, 0.3) is 0 Å². The minimum absolute atomic E-state index is 0.190. The number of nitrogens with one attached hydrogen (secondary N) is 1. The molecule has 1 N–H and O–H groups in total. The molecule has 1 amide bonds. The Morgan fingerprint density at radius 3 is 3.00 bits per heavy atom. The van der Waals surface area contributed by atoms with E-state index in [1.165, 1.54) is 12.7 Å². The van der Waals surface area contributed by atoms with Crippen LogP contribution in [0, 0.1) is 0 Å². The Bertz CT molecular complexity index is 659. The predicted molar refractivity (Wildman–Crippen MR) is 96.3 cm³/mol. The Hall–Kier alpha value is -2.08. The van der Waals surface area contributed by atoms with Crippen molar-refractivity contribution in [3.8, 4) is 0 Å². The lowest BCUT2D eigenvalue weighted by atomic mass is 9.99. The van der Waals surface area contributed by atoms with Crippen LogP contribution in [-0.4, -0.2) is 35.7 Å². The predicted octanol–water partition coefficient (Wildman–Crippen LogP) is 3.92. The number of methoxy groups -OCH3 is 1. The first-order chi connectivity index (χ1) is 11.8. The van der Waals surface area contributed by atoms with Crippen molar-refractivity contribution in [2.75, 3.05) is 19.0 Å². The molecular weight excluding hydrogens is 322 g/mol. The van der Waals surface area contributed by atoms with Gasteiger partial charge in [-0.15, -0.1) is 11.3 Å². The van der Waals surface area contributed by atoms with Gasteiger partial charge in [-0.2, -0.15) is 0 Å². The number of piperidine rings is 1. The molecule has 0 bridgehead atoms. The van der Waals surface area contributed by atoms with Crippen LogP contribution >= 0.6 is 11.3 Å². The highest BCUT2D eigenvalue weighted by molar-refractivity contribution is 7.13. The van der Waals surface area contributed by atoms with Crippen LogP contribution in [-0.2, 0) is 17.7 Å². The number of likely N-dealkylation sites (tertiary alicyclic amines) is 1. The molecule has 1 aliphatic rings. The van der Waals surface area contributed by atoms with E-state index in [-0.39, 0.29) is 12.1 Å². The minimum Gasteiger partial charge on any atom is -0.453 e. The van der Waals surface area contributed by atoms with Gasteiger partial charge in [-0.05, 0) is 24.8 Å². The van der Waals surface area contributed by atoms with E-state index in [0.717, 1.165) is 49.6 Å². The van der Waals surface area contributed by atoms with Crippen molar-refractivity contribution < 1.29 is 9.53 Å². The highest BCUT2D eigenvalue weighted by atomic mass is 32.1.